The van der Waals surface area contributed by atoms with Crippen LogP contribution in [0.1, 0.15) is 28.8 Å². The SMILES string of the molecule is CC(=O)Nc1cccc(-c2cc3c(o2)CCN(C(=O)c2ccco2)C3)c1. The molecule has 1 aliphatic rings. The molecule has 0 unspecified atom stereocenters. The summed E-state index contributed by atoms with van der Waals surface area (Å²) in [6, 6.07) is 12.8. The summed E-state index contributed by atoms with van der Waals surface area (Å²) in [7, 11) is 0. The lowest BCUT2D eigenvalue weighted by atomic mass is 10.1. The Labute approximate surface area is 150 Å². The van der Waals surface area contributed by atoms with Crippen LogP contribution in [0.5, 0.6) is 0 Å². The van der Waals surface area contributed by atoms with E-state index in [0.29, 0.717) is 25.3 Å². The van der Waals surface area contributed by atoms with Crippen LogP contribution in [0.25, 0.3) is 11.3 Å². The second-order valence-corrected chi connectivity index (χ2v) is 6.28. The summed E-state index contributed by atoms with van der Waals surface area (Å²) >= 11 is 0. The Morgan fingerprint density at radius 2 is 2.04 bits per heavy atom. The van der Waals surface area contributed by atoms with Gasteiger partial charge in [-0.3, -0.25) is 9.59 Å². The molecule has 0 spiro atoms. The van der Waals surface area contributed by atoms with Crippen molar-refractivity contribution in [3.63, 3.8) is 0 Å². The van der Waals surface area contributed by atoms with Gasteiger partial charge in [-0.2, -0.15) is 0 Å². The molecule has 6 nitrogen and oxygen atoms in total. The van der Waals surface area contributed by atoms with E-state index in [-0.39, 0.29) is 11.8 Å². The van der Waals surface area contributed by atoms with Crippen LogP contribution in [-0.2, 0) is 17.8 Å². The number of nitrogens with zero attached hydrogens (tertiary/aromatic N) is 1. The minimum Gasteiger partial charge on any atom is -0.461 e. The van der Waals surface area contributed by atoms with Gasteiger partial charge in [0.2, 0.25) is 5.91 Å². The monoisotopic (exact) mass is 350 g/mol. The first-order valence-corrected chi connectivity index (χ1v) is 8.42. The fourth-order valence-corrected chi connectivity index (χ4v) is 3.16. The zero-order valence-electron chi connectivity index (χ0n) is 14.3. The van der Waals surface area contributed by atoms with E-state index >= 15 is 0 Å². The minimum atomic E-state index is -0.118. The predicted molar refractivity (Wildman–Crippen MR) is 95.6 cm³/mol. The van der Waals surface area contributed by atoms with Gasteiger partial charge in [-0.05, 0) is 30.3 Å². The number of hydrogen-bond acceptors (Lipinski definition) is 4. The van der Waals surface area contributed by atoms with Gasteiger partial charge in [0.15, 0.2) is 5.76 Å². The molecule has 0 saturated carbocycles. The van der Waals surface area contributed by atoms with Crippen molar-refractivity contribution in [3.8, 4) is 11.3 Å². The Balaban J connectivity index is 1.56. The fraction of sp³-hybridized carbons (Fsp3) is 0.200. The lowest BCUT2D eigenvalue weighted by molar-refractivity contribution is -0.114. The molecule has 2 aromatic heterocycles. The highest BCUT2D eigenvalue weighted by atomic mass is 16.3. The normalized spacial score (nSPS) is 13.3. The van der Waals surface area contributed by atoms with Gasteiger partial charge in [-0.25, -0.2) is 0 Å². The van der Waals surface area contributed by atoms with Crippen molar-refractivity contribution in [1.29, 1.82) is 0 Å². The maximum atomic E-state index is 12.5. The number of hydrogen-bond donors (Lipinski definition) is 1. The molecular formula is C20H18N2O4. The topological polar surface area (TPSA) is 75.7 Å². The van der Waals surface area contributed by atoms with Gasteiger partial charge in [0.25, 0.3) is 5.91 Å². The molecule has 4 rings (SSSR count). The van der Waals surface area contributed by atoms with Crippen LogP contribution in [-0.4, -0.2) is 23.3 Å². The number of amides is 2. The molecule has 26 heavy (non-hydrogen) atoms. The molecule has 0 radical (unpaired) electrons. The third-order valence-electron chi connectivity index (χ3n) is 4.35. The fourth-order valence-electron chi connectivity index (χ4n) is 3.16. The highest BCUT2D eigenvalue weighted by Gasteiger charge is 2.26. The lowest BCUT2D eigenvalue weighted by Gasteiger charge is -2.25. The smallest absolute Gasteiger partial charge is 0.289 e. The Hall–Kier alpha value is -3.28. The number of carbonyl (C=O) groups is 2. The quantitative estimate of drug-likeness (QED) is 0.781. The van der Waals surface area contributed by atoms with Crippen LogP contribution in [0, 0.1) is 0 Å². The van der Waals surface area contributed by atoms with E-state index in [1.807, 2.05) is 30.3 Å². The third-order valence-corrected chi connectivity index (χ3v) is 4.35. The average molecular weight is 350 g/mol. The van der Waals surface area contributed by atoms with Crippen molar-refractivity contribution in [1.82, 2.24) is 4.90 Å². The third kappa shape index (κ3) is 3.13. The second-order valence-electron chi connectivity index (χ2n) is 6.28. The van der Waals surface area contributed by atoms with E-state index in [1.54, 1.807) is 17.0 Å². The summed E-state index contributed by atoms with van der Waals surface area (Å²) in [6.45, 7) is 2.55. The van der Waals surface area contributed by atoms with Crippen LogP contribution in [0.4, 0.5) is 5.69 Å². The van der Waals surface area contributed by atoms with E-state index in [1.165, 1.54) is 13.2 Å². The van der Waals surface area contributed by atoms with Crippen LogP contribution < -0.4 is 5.32 Å². The number of nitrogens with one attached hydrogen (secondary N) is 1. The van der Waals surface area contributed by atoms with Gasteiger partial charge in [0, 0.05) is 43.2 Å². The second kappa shape index (κ2) is 6.55. The molecule has 0 fully saturated rings. The molecule has 1 aliphatic heterocycles. The van der Waals surface area contributed by atoms with Crippen molar-refractivity contribution in [2.24, 2.45) is 0 Å². The van der Waals surface area contributed by atoms with E-state index in [4.69, 9.17) is 8.83 Å². The molecule has 2 amide bonds. The molecular weight excluding hydrogens is 332 g/mol. The summed E-state index contributed by atoms with van der Waals surface area (Å²) in [5, 5.41) is 2.77. The largest absolute Gasteiger partial charge is 0.461 e. The van der Waals surface area contributed by atoms with Gasteiger partial charge in [-0.1, -0.05) is 12.1 Å². The van der Waals surface area contributed by atoms with Gasteiger partial charge >= 0.3 is 0 Å². The maximum Gasteiger partial charge on any atom is 0.289 e. The average Bonchev–Trinajstić information content (AvgIpc) is 3.30. The first-order valence-electron chi connectivity index (χ1n) is 8.42. The van der Waals surface area contributed by atoms with Gasteiger partial charge in [0.05, 0.1) is 6.26 Å². The molecule has 3 heterocycles. The summed E-state index contributed by atoms with van der Waals surface area (Å²) in [4.78, 5) is 25.5. The van der Waals surface area contributed by atoms with Crippen molar-refractivity contribution >= 4 is 17.5 Å². The van der Waals surface area contributed by atoms with Crippen LogP contribution >= 0.6 is 0 Å². The van der Waals surface area contributed by atoms with Crippen LogP contribution in [0.15, 0.2) is 57.6 Å². The first-order chi connectivity index (χ1) is 12.6. The summed E-state index contributed by atoms with van der Waals surface area (Å²) in [5.74, 6) is 1.74. The van der Waals surface area contributed by atoms with E-state index in [9.17, 15) is 9.59 Å². The lowest BCUT2D eigenvalue weighted by Crippen LogP contribution is -2.35. The standard InChI is InChI=1S/C20H18N2O4/c1-13(23)21-16-5-2-4-14(10-16)19-11-15-12-22(8-7-17(15)26-19)20(24)18-6-3-9-25-18/h2-6,9-11H,7-8,12H2,1H3,(H,21,23). The van der Waals surface area contributed by atoms with Gasteiger partial charge < -0.3 is 19.1 Å². The summed E-state index contributed by atoms with van der Waals surface area (Å²) in [6.07, 6.45) is 2.16. The summed E-state index contributed by atoms with van der Waals surface area (Å²) in [5.41, 5.74) is 2.60. The van der Waals surface area contributed by atoms with E-state index < -0.39 is 0 Å². The number of furan rings is 2. The zero-order valence-corrected chi connectivity index (χ0v) is 14.3. The van der Waals surface area contributed by atoms with Crippen molar-refractivity contribution < 1.29 is 18.4 Å². The van der Waals surface area contributed by atoms with Crippen LogP contribution in [0.3, 0.4) is 0 Å². The minimum absolute atomic E-state index is 0.115. The van der Waals surface area contributed by atoms with Crippen molar-refractivity contribution in [3.05, 3.63) is 65.8 Å². The molecule has 1 N–H and O–H groups in total. The molecule has 1 aromatic carbocycles. The molecule has 132 valence electrons. The highest BCUT2D eigenvalue weighted by Crippen LogP contribution is 2.31. The van der Waals surface area contributed by atoms with Gasteiger partial charge in [0.1, 0.15) is 11.5 Å². The Kier molecular flexibility index (Phi) is 4.08. The predicted octanol–water partition coefficient (Wildman–Crippen LogP) is 3.70. The van der Waals surface area contributed by atoms with Gasteiger partial charge in [-0.15, -0.1) is 0 Å². The Bertz CT molecular complexity index is 956. The summed E-state index contributed by atoms with van der Waals surface area (Å²) < 4.78 is 11.2. The molecule has 0 atom stereocenters. The molecule has 0 aliphatic carbocycles. The number of fused-ring (bicyclic) bond motifs is 1. The molecule has 0 bridgehead atoms. The zero-order chi connectivity index (χ0) is 18.1. The Morgan fingerprint density at radius 3 is 2.81 bits per heavy atom. The number of carbonyl (C=O) groups excluding carboxylic acids is 2. The highest BCUT2D eigenvalue weighted by molar-refractivity contribution is 5.91. The van der Waals surface area contributed by atoms with Crippen molar-refractivity contribution in [2.75, 3.05) is 11.9 Å². The Morgan fingerprint density at radius 1 is 1.15 bits per heavy atom. The van der Waals surface area contributed by atoms with E-state index in [2.05, 4.69) is 5.32 Å². The first kappa shape index (κ1) is 16.2. The molecule has 0 saturated heterocycles. The van der Waals surface area contributed by atoms with E-state index in [0.717, 1.165) is 28.3 Å². The van der Waals surface area contributed by atoms with Crippen molar-refractivity contribution in [2.45, 2.75) is 19.9 Å². The number of anilines is 1. The molecule has 6 heteroatoms. The van der Waals surface area contributed by atoms with Crippen LogP contribution in [0.2, 0.25) is 0 Å². The number of benzene rings is 1. The molecule has 3 aromatic rings. The maximum absolute atomic E-state index is 12.5. The number of rotatable bonds is 3.